The highest BCUT2D eigenvalue weighted by atomic mass is 32.2. The fourth-order valence-electron chi connectivity index (χ4n) is 0.511. The standard InChI is InChI=1S/C6H15N3O3S/c1-4-12-6(7)5-8-13(10,11)9(2)3/h7-8H,4-5H2,1-3H3. The summed E-state index contributed by atoms with van der Waals surface area (Å²) in [6.07, 6.45) is 0. The average Bonchev–Trinajstić information content (AvgIpc) is 2.01. The Hall–Kier alpha value is -0.660. The molecule has 0 amide bonds. The first-order valence-electron chi connectivity index (χ1n) is 3.77. The third kappa shape index (κ3) is 4.81. The molecule has 6 nitrogen and oxygen atoms in total. The van der Waals surface area contributed by atoms with Crippen LogP contribution < -0.4 is 4.72 Å². The monoisotopic (exact) mass is 209 g/mol. The van der Waals surface area contributed by atoms with Crippen molar-refractivity contribution in [2.45, 2.75) is 6.92 Å². The second-order valence-corrected chi connectivity index (χ2v) is 4.43. The van der Waals surface area contributed by atoms with Gasteiger partial charge in [0.25, 0.3) is 10.2 Å². The molecule has 0 spiro atoms. The maximum atomic E-state index is 11.1. The molecule has 0 aliphatic heterocycles. The highest BCUT2D eigenvalue weighted by Gasteiger charge is 2.12. The first-order chi connectivity index (χ1) is 5.90. The Kier molecular flexibility index (Phi) is 4.89. The van der Waals surface area contributed by atoms with Crippen LogP contribution in [0.2, 0.25) is 0 Å². The molecule has 0 fully saturated rings. The molecule has 0 aromatic carbocycles. The molecule has 78 valence electrons. The van der Waals surface area contributed by atoms with Gasteiger partial charge < -0.3 is 4.74 Å². The molecule has 0 aromatic heterocycles. The Labute approximate surface area is 78.6 Å². The minimum Gasteiger partial charge on any atom is -0.480 e. The van der Waals surface area contributed by atoms with E-state index in [0.717, 1.165) is 4.31 Å². The molecule has 0 rings (SSSR count). The van der Waals surface area contributed by atoms with Gasteiger partial charge in [0.05, 0.1) is 13.2 Å². The molecule has 13 heavy (non-hydrogen) atoms. The molecular weight excluding hydrogens is 194 g/mol. The molecule has 0 unspecified atom stereocenters. The summed E-state index contributed by atoms with van der Waals surface area (Å²) in [4.78, 5) is 0. The number of ether oxygens (including phenoxy) is 1. The van der Waals surface area contributed by atoms with Gasteiger partial charge in [-0.1, -0.05) is 0 Å². The third-order valence-electron chi connectivity index (χ3n) is 1.21. The van der Waals surface area contributed by atoms with Crippen molar-refractivity contribution in [3.05, 3.63) is 0 Å². The Morgan fingerprint density at radius 3 is 2.46 bits per heavy atom. The van der Waals surface area contributed by atoms with Crippen LogP contribution in [0.5, 0.6) is 0 Å². The fourth-order valence-corrected chi connectivity index (χ4v) is 1.08. The highest BCUT2D eigenvalue weighted by molar-refractivity contribution is 7.87. The van der Waals surface area contributed by atoms with Crippen molar-refractivity contribution >= 4 is 16.1 Å². The van der Waals surface area contributed by atoms with Crippen molar-refractivity contribution in [2.75, 3.05) is 27.2 Å². The van der Waals surface area contributed by atoms with Crippen LogP contribution >= 0.6 is 0 Å². The van der Waals surface area contributed by atoms with E-state index in [0.29, 0.717) is 6.61 Å². The average molecular weight is 209 g/mol. The Balaban J connectivity index is 3.96. The molecule has 0 saturated heterocycles. The van der Waals surface area contributed by atoms with Gasteiger partial charge in [0, 0.05) is 14.1 Å². The molecule has 0 aliphatic rings. The van der Waals surface area contributed by atoms with Crippen LogP contribution in [0, 0.1) is 5.41 Å². The zero-order chi connectivity index (χ0) is 10.5. The normalized spacial score (nSPS) is 11.7. The van der Waals surface area contributed by atoms with Crippen LogP contribution in [-0.4, -0.2) is 45.9 Å². The fraction of sp³-hybridized carbons (Fsp3) is 0.833. The maximum absolute atomic E-state index is 11.1. The number of nitrogens with one attached hydrogen (secondary N) is 2. The maximum Gasteiger partial charge on any atom is 0.279 e. The topological polar surface area (TPSA) is 82.5 Å². The zero-order valence-corrected chi connectivity index (χ0v) is 8.81. The Morgan fingerprint density at radius 2 is 2.08 bits per heavy atom. The van der Waals surface area contributed by atoms with Gasteiger partial charge in [0.15, 0.2) is 5.90 Å². The van der Waals surface area contributed by atoms with E-state index < -0.39 is 10.2 Å². The van der Waals surface area contributed by atoms with Crippen LogP contribution in [0.4, 0.5) is 0 Å². The second kappa shape index (κ2) is 5.15. The molecular formula is C6H15N3O3S. The smallest absolute Gasteiger partial charge is 0.279 e. The van der Waals surface area contributed by atoms with E-state index in [1.165, 1.54) is 14.1 Å². The van der Waals surface area contributed by atoms with Crippen LogP contribution in [0.3, 0.4) is 0 Å². The minimum absolute atomic E-state index is 0.0899. The molecule has 0 bridgehead atoms. The van der Waals surface area contributed by atoms with Crippen LogP contribution in [0.15, 0.2) is 0 Å². The lowest BCUT2D eigenvalue weighted by molar-refractivity contribution is 0.317. The van der Waals surface area contributed by atoms with E-state index in [1.807, 2.05) is 0 Å². The van der Waals surface area contributed by atoms with Crippen molar-refractivity contribution in [1.82, 2.24) is 9.03 Å². The number of hydrogen-bond acceptors (Lipinski definition) is 4. The van der Waals surface area contributed by atoms with Gasteiger partial charge in [0.1, 0.15) is 0 Å². The predicted molar refractivity (Wildman–Crippen MR) is 50.0 cm³/mol. The van der Waals surface area contributed by atoms with Crippen LogP contribution in [0.25, 0.3) is 0 Å². The van der Waals surface area contributed by atoms with Crippen LogP contribution in [0.1, 0.15) is 6.92 Å². The van der Waals surface area contributed by atoms with E-state index >= 15 is 0 Å². The van der Waals surface area contributed by atoms with Crippen LogP contribution in [-0.2, 0) is 14.9 Å². The first-order valence-corrected chi connectivity index (χ1v) is 5.21. The Bertz CT molecular complexity index is 260. The van der Waals surface area contributed by atoms with Gasteiger partial charge in [0.2, 0.25) is 0 Å². The first kappa shape index (κ1) is 12.3. The summed E-state index contributed by atoms with van der Waals surface area (Å²) < 4.78 is 30.2. The highest BCUT2D eigenvalue weighted by Crippen LogP contribution is 1.87. The van der Waals surface area contributed by atoms with E-state index in [4.69, 9.17) is 10.1 Å². The van der Waals surface area contributed by atoms with E-state index in [2.05, 4.69) is 4.72 Å². The lowest BCUT2D eigenvalue weighted by Gasteiger charge is -2.12. The molecule has 0 atom stereocenters. The van der Waals surface area contributed by atoms with Gasteiger partial charge in [-0.05, 0) is 6.92 Å². The molecule has 0 radical (unpaired) electrons. The summed E-state index contributed by atoms with van der Waals surface area (Å²) in [5.41, 5.74) is 0. The van der Waals surface area contributed by atoms with Gasteiger partial charge in [-0.25, -0.2) is 0 Å². The van der Waals surface area contributed by atoms with Gasteiger partial charge in [-0.15, -0.1) is 0 Å². The summed E-state index contributed by atoms with van der Waals surface area (Å²) in [5, 5.41) is 7.14. The van der Waals surface area contributed by atoms with E-state index in [-0.39, 0.29) is 12.4 Å². The molecule has 2 N–H and O–H groups in total. The molecule has 0 aromatic rings. The summed E-state index contributed by atoms with van der Waals surface area (Å²) in [6.45, 7) is 1.98. The summed E-state index contributed by atoms with van der Waals surface area (Å²) >= 11 is 0. The molecule has 0 heterocycles. The van der Waals surface area contributed by atoms with Gasteiger partial charge >= 0.3 is 0 Å². The van der Waals surface area contributed by atoms with E-state index in [1.54, 1.807) is 6.92 Å². The number of rotatable bonds is 5. The molecule has 0 saturated carbocycles. The van der Waals surface area contributed by atoms with Gasteiger partial charge in [-0.3, -0.25) is 5.41 Å². The molecule has 7 heteroatoms. The SMILES string of the molecule is CCOC(=N)CNS(=O)(=O)N(C)C. The summed E-state index contributed by atoms with van der Waals surface area (Å²) in [6, 6.07) is 0. The summed E-state index contributed by atoms with van der Waals surface area (Å²) in [5.74, 6) is -0.0899. The second-order valence-electron chi connectivity index (χ2n) is 2.46. The zero-order valence-electron chi connectivity index (χ0n) is 7.99. The van der Waals surface area contributed by atoms with Crippen molar-refractivity contribution in [2.24, 2.45) is 0 Å². The van der Waals surface area contributed by atoms with Crippen molar-refractivity contribution in [1.29, 1.82) is 5.41 Å². The predicted octanol–water partition coefficient (Wildman–Crippen LogP) is -0.604. The number of hydrogen-bond donors (Lipinski definition) is 2. The van der Waals surface area contributed by atoms with Crippen molar-refractivity contribution < 1.29 is 13.2 Å². The summed E-state index contributed by atoms with van der Waals surface area (Å²) in [7, 11) is -0.630. The number of nitrogens with zero attached hydrogens (tertiary/aromatic N) is 1. The van der Waals surface area contributed by atoms with Gasteiger partial charge in [-0.2, -0.15) is 17.4 Å². The molecule has 0 aliphatic carbocycles. The quantitative estimate of drug-likeness (QED) is 0.468. The lowest BCUT2D eigenvalue weighted by atomic mass is 10.7. The van der Waals surface area contributed by atoms with Crippen molar-refractivity contribution in [3.63, 3.8) is 0 Å². The van der Waals surface area contributed by atoms with E-state index in [9.17, 15) is 8.42 Å². The lowest BCUT2D eigenvalue weighted by Crippen LogP contribution is -2.38. The Morgan fingerprint density at radius 1 is 1.54 bits per heavy atom. The minimum atomic E-state index is -3.45. The third-order valence-corrected chi connectivity index (χ3v) is 2.68. The largest absolute Gasteiger partial charge is 0.480 e. The van der Waals surface area contributed by atoms with Crippen molar-refractivity contribution in [3.8, 4) is 0 Å².